The van der Waals surface area contributed by atoms with Gasteiger partial charge in [0.25, 0.3) is 0 Å². The van der Waals surface area contributed by atoms with E-state index in [0.717, 1.165) is 0 Å². The third-order valence-corrected chi connectivity index (χ3v) is 6.04. The summed E-state index contributed by atoms with van der Waals surface area (Å²) >= 11 is 0. The van der Waals surface area contributed by atoms with Crippen LogP contribution in [0.25, 0.3) is 0 Å². The molecule has 0 saturated heterocycles. The summed E-state index contributed by atoms with van der Waals surface area (Å²) in [7, 11) is -2.93. The van der Waals surface area contributed by atoms with Gasteiger partial charge in [-0.3, -0.25) is 4.79 Å². The van der Waals surface area contributed by atoms with E-state index < -0.39 is 8.80 Å². The van der Waals surface area contributed by atoms with E-state index in [4.69, 9.17) is 13.3 Å². The highest BCUT2D eigenvalue weighted by Crippen LogP contribution is 2.30. The van der Waals surface area contributed by atoms with Gasteiger partial charge in [0.15, 0.2) is 5.78 Å². The zero-order valence-corrected chi connectivity index (χ0v) is 12.3. The normalized spacial score (nSPS) is 13.4. The predicted molar refractivity (Wildman–Crippen MR) is 69.9 cm³/mol. The molecule has 1 unspecified atom stereocenters. The number of carbonyl (C=O) groups excluding carboxylic acids is 1. The summed E-state index contributed by atoms with van der Waals surface area (Å²) in [6.45, 7) is 12.5. The average molecular weight is 260 g/mol. The molecule has 0 aliphatic heterocycles. The SMILES string of the molecule is C=CC(=O)C(CC)[Si](OCC)(OCC)OCC. The summed E-state index contributed by atoms with van der Waals surface area (Å²) in [5.41, 5.74) is -0.347. The van der Waals surface area contributed by atoms with Gasteiger partial charge in [0, 0.05) is 19.8 Å². The van der Waals surface area contributed by atoms with Crippen LogP contribution in [0.3, 0.4) is 0 Å². The van der Waals surface area contributed by atoms with Crippen LogP contribution in [0, 0.1) is 0 Å². The van der Waals surface area contributed by atoms with Crippen molar-refractivity contribution < 1.29 is 18.1 Å². The van der Waals surface area contributed by atoms with Crippen LogP contribution in [0.15, 0.2) is 12.7 Å². The van der Waals surface area contributed by atoms with Crippen LogP contribution in [0.1, 0.15) is 34.1 Å². The van der Waals surface area contributed by atoms with E-state index >= 15 is 0 Å². The number of carbonyl (C=O) groups is 1. The van der Waals surface area contributed by atoms with E-state index in [1.165, 1.54) is 6.08 Å². The van der Waals surface area contributed by atoms with Crippen LogP contribution in [-0.4, -0.2) is 34.4 Å². The Kier molecular flexibility index (Phi) is 8.33. The molecule has 4 nitrogen and oxygen atoms in total. The summed E-state index contributed by atoms with van der Waals surface area (Å²) in [6, 6.07) is 0. The molecule has 100 valence electrons. The second-order valence-electron chi connectivity index (χ2n) is 3.47. The van der Waals surface area contributed by atoms with Crippen molar-refractivity contribution in [3.63, 3.8) is 0 Å². The number of allylic oxidation sites excluding steroid dienone is 1. The van der Waals surface area contributed by atoms with Gasteiger partial charge in [-0.15, -0.1) is 0 Å². The highest BCUT2D eigenvalue weighted by atomic mass is 28.4. The molecular weight excluding hydrogens is 236 g/mol. The van der Waals surface area contributed by atoms with Crippen molar-refractivity contribution in [2.75, 3.05) is 19.8 Å². The lowest BCUT2D eigenvalue weighted by Crippen LogP contribution is -2.52. The fourth-order valence-corrected chi connectivity index (χ4v) is 4.82. The van der Waals surface area contributed by atoms with Crippen molar-refractivity contribution in [1.82, 2.24) is 0 Å². The summed E-state index contributed by atoms with van der Waals surface area (Å²) < 4.78 is 17.1. The van der Waals surface area contributed by atoms with E-state index in [0.29, 0.717) is 26.2 Å². The lowest BCUT2D eigenvalue weighted by atomic mass is 10.2. The van der Waals surface area contributed by atoms with Gasteiger partial charge in [-0.2, -0.15) is 0 Å². The molecule has 0 spiro atoms. The standard InChI is InChI=1S/C12H24O4Si/c1-6-11(13)12(7-2)17(14-8-3,15-9-4)16-10-5/h6,12H,1,7-10H2,2-5H3. The minimum atomic E-state index is -2.93. The summed E-state index contributed by atoms with van der Waals surface area (Å²) in [4.78, 5) is 11.9. The molecule has 0 heterocycles. The Morgan fingerprint density at radius 3 is 1.76 bits per heavy atom. The first-order chi connectivity index (χ1) is 8.11. The van der Waals surface area contributed by atoms with Crippen LogP contribution < -0.4 is 0 Å². The predicted octanol–water partition coefficient (Wildman–Crippen LogP) is 2.57. The fourth-order valence-electron chi connectivity index (χ4n) is 1.80. The molecule has 0 aromatic carbocycles. The van der Waals surface area contributed by atoms with Crippen LogP contribution >= 0.6 is 0 Å². The van der Waals surface area contributed by atoms with Gasteiger partial charge in [-0.25, -0.2) is 0 Å². The quantitative estimate of drug-likeness (QED) is 0.447. The average Bonchev–Trinajstić information content (AvgIpc) is 2.30. The van der Waals surface area contributed by atoms with E-state index in [1.54, 1.807) is 0 Å². The number of rotatable bonds is 10. The van der Waals surface area contributed by atoms with Crippen LogP contribution in [0.5, 0.6) is 0 Å². The van der Waals surface area contributed by atoms with Gasteiger partial charge in [0.05, 0.1) is 5.54 Å². The smallest absolute Gasteiger partial charge is 0.373 e. The Bertz CT molecular complexity index is 226. The van der Waals surface area contributed by atoms with E-state index in [1.807, 2.05) is 27.7 Å². The lowest BCUT2D eigenvalue weighted by molar-refractivity contribution is -0.116. The molecule has 5 heteroatoms. The molecule has 0 aliphatic carbocycles. The van der Waals surface area contributed by atoms with Gasteiger partial charge in [-0.1, -0.05) is 13.5 Å². The Morgan fingerprint density at radius 1 is 1.12 bits per heavy atom. The minimum absolute atomic E-state index is 0.0606. The van der Waals surface area contributed by atoms with E-state index in [-0.39, 0.29) is 11.3 Å². The zero-order valence-electron chi connectivity index (χ0n) is 11.3. The molecule has 0 saturated carbocycles. The lowest BCUT2D eigenvalue weighted by Gasteiger charge is -2.33. The first kappa shape index (κ1) is 16.5. The highest BCUT2D eigenvalue weighted by molar-refractivity contribution is 6.67. The van der Waals surface area contributed by atoms with E-state index in [9.17, 15) is 4.79 Å². The first-order valence-corrected chi connectivity index (χ1v) is 8.00. The molecule has 0 aliphatic rings. The van der Waals surface area contributed by atoms with Gasteiger partial charge in [0.2, 0.25) is 0 Å². The molecule has 0 bridgehead atoms. The first-order valence-electron chi connectivity index (χ1n) is 6.19. The molecule has 17 heavy (non-hydrogen) atoms. The molecular formula is C12H24O4Si. The van der Waals surface area contributed by atoms with Gasteiger partial charge in [0.1, 0.15) is 0 Å². The van der Waals surface area contributed by atoms with Crippen LogP contribution in [-0.2, 0) is 18.1 Å². The molecule has 0 fully saturated rings. The molecule has 0 N–H and O–H groups in total. The zero-order chi connectivity index (χ0) is 13.3. The van der Waals surface area contributed by atoms with Gasteiger partial charge >= 0.3 is 8.80 Å². The highest BCUT2D eigenvalue weighted by Gasteiger charge is 2.51. The van der Waals surface area contributed by atoms with Gasteiger partial charge in [-0.05, 0) is 33.3 Å². The fraction of sp³-hybridized carbons (Fsp3) is 0.750. The Balaban J connectivity index is 5.17. The monoisotopic (exact) mass is 260 g/mol. The van der Waals surface area contributed by atoms with Crippen molar-refractivity contribution in [3.05, 3.63) is 12.7 Å². The molecule has 0 aromatic rings. The topological polar surface area (TPSA) is 44.8 Å². The third-order valence-electron chi connectivity index (χ3n) is 2.42. The maximum atomic E-state index is 11.9. The van der Waals surface area contributed by atoms with E-state index in [2.05, 4.69) is 6.58 Å². The van der Waals surface area contributed by atoms with Crippen molar-refractivity contribution in [2.45, 2.75) is 39.7 Å². The van der Waals surface area contributed by atoms with Crippen molar-refractivity contribution in [3.8, 4) is 0 Å². The molecule has 1 atom stereocenters. The number of ketones is 1. The maximum Gasteiger partial charge on any atom is 0.512 e. The van der Waals surface area contributed by atoms with Crippen molar-refractivity contribution in [2.24, 2.45) is 0 Å². The minimum Gasteiger partial charge on any atom is -0.373 e. The van der Waals surface area contributed by atoms with Crippen molar-refractivity contribution in [1.29, 1.82) is 0 Å². The third kappa shape index (κ3) is 4.35. The number of hydrogen-bond acceptors (Lipinski definition) is 4. The number of hydrogen-bond donors (Lipinski definition) is 0. The Hall–Kier alpha value is -0.493. The van der Waals surface area contributed by atoms with Crippen molar-refractivity contribution >= 4 is 14.6 Å². The second-order valence-corrected chi connectivity index (χ2v) is 6.24. The summed E-state index contributed by atoms with van der Waals surface area (Å²) in [6.07, 6.45) is 1.96. The van der Waals surface area contributed by atoms with Crippen LogP contribution in [0.2, 0.25) is 5.54 Å². The molecule has 0 rings (SSSR count). The molecule has 0 radical (unpaired) electrons. The second kappa shape index (κ2) is 8.58. The Morgan fingerprint density at radius 2 is 1.53 bits per heavy atom. The summed E-state index contributed by atoms with van der Waals surface area (Å²) in [5, 5.41) is 0. The maximum absolute atomic E-state index is 11.9. The summed E-state index contributed by atoms with van der Waals surface area (Å²) in [5.74, 6) is -0.0606. The molecule has 0 aromatic heterocycles. The van der Waals surface area contributed by atoms with Crippen LogP contribution in [0.4, 0.5) is 0 Å². The largest absolute Gasteiger partial charge is 0.512 e. The van der Waals surface area contributed by atoms with Gasteiger partial charge < -0.3 is 13.3 Å². The Labute approximate surface area is 105 Å². The molecule has 0 amide bonds.